The van der Waals surface area contributed by atoms with Gasteiger partial charge in [-0.25, -0.2) is 4.39 Å². The average molecular weight is 263 g/mol. The lowest BCUT2D eigenvalue weighted by molar-refractivity contribution is 0.484. The van der Waals surface area contributed by atoms with Crippen LogP contribution in [0.1, 0.15) is 25.3 Å². The number of hydrogen-bond acceptors (Lipinski definition) is 4. The molecule has 0 saturated heterocycles. The number of aromatic nitrogens is 2. The Morgan fingerprint density at radius 3 is 2.79 bits per heavy atom. The van der Waals surface area contributed by atoms with Crippen LogP contribution in [0, 0.1) is 12.7 Å². The van der Waals surface area contributed by atoms with E-state index < -0.39 is 0 Å². The van der Waals surface area contributed by atoms with E-state index in [1.165, 1.54) is 12.1 Å². The lowest BCUT2D eigenvalue weighted by atomic mass is 10.1. The van der Waals surface area contributed by atoms with E-state index in [9.17, 15) is 4.39 Å². The maximum Gasteiger partial charge on any atom is 0.248 e. The van der Waals surface area contributed by atoms with Crippen molar-refractivity contribution in [3.8, 4) is 11.5 Å². The molecule has 102 valence electrons. The molecule has 0 aliphatic heterocycles. The molecular weight excluding hydrogens is 245 g/mol. The highest BCUT2D eigenvalue weighted by Crippen LogP contribution is 2.22. The van der Waals surface area contributed by atoms with Crippen molar-refractivity contribution in [1.82, 2.24) is 15.5 Å². The van der Waals surface area contributed by atoms with Crippen molar-refractivity contribution in [1.29, 1.82) is 0 Å². The molecule has 0 atom stereocenters. The van der Waals surface area contributed by atoms with Gasteiger partial charge in [-0.3, -0.25) is 0 Å². The monoisotopic (exact) mass is 263 g/mol. The van der Waals surface area contributed by atoms with Crippen LogP contribution in [0.4, 0.5) is 4.39 Å². The summed E-state index contributed by atoms with van der Waals surface area (Å²) in [6.07, 6.45) is 0.686. The summed E-state index contributed by atoms with van der Waals surface area (Å²) >= 11 is 0. The molecule has 0 aliphatic carbocycles. The van der Waals surface area contributed by atoms with Gasteiger partial charge in [-0.1, -0.05) is 13.8 Å². The molecule has 0 bridgehead atoms. The molecule has 19 heavy (non-hydrogen) atoms. The molecule has 2 aromatic rings. The summed E-state index contributed by atoms with van der Waals surface area (Å²) in [7, 11) is 0. The van der Waals surface area contributed by atoms with Gasteiger partial charge in [0, 0.05) is 24.6 Å². The van der Waals surface area contributed by atoms with E-state index in [-0.39, 0.29) is 5.82 Å². The SMILES string of the molecule is Cc1cc(F)ccc1-c1nnc(CCNC(C)C)o1. The quantitative estimate of drug-likeness (QED) is 0.901. The Kier molecular flexibility index (Phi) is 4.27. The predicted octanol–water partition coefficient (Wildman–Crippen LogP) is 2.72. The Hall–Kier alpha value is -1.75. The van der Waals surface area contributed by atoms with E-state index in [0.29, 0.717) is 24.2 Å². The van der Waals surface area contributed by atoms with Gasteiger partial charge in [0.25, 0.3) is 0 Å². The molecule has 5 heteroatoms. The lowest BCUT2D eigenvalue weighted by Crippen LogP contribution is -2.25. The van der Waals surface area contributed by atoms with Crippen molar-refractivity contribution in [2.45, 2.75) is 33.2 Å². The van der Waals surface area contributed by atoms with Gasteiger partial charge in [-0.15, -0.1) is 10.2 Å². The van der Waals surface area contributed by atoms with Crippen molar-refractivity contribution in [2.75, 3.05) is 6.54 Å². The van der Waals surface area contributed by atoms with Crippen LogP contribution in [-0.2, 0) is 6.42 Å². The summed E-state index contributed by atoms with van der Waals surface area (Å²) in [5.74, 6) is 0.769. The van der Waals surface area contributed by atoms with E-state index in [1.54, 1.807) is 6.07 Å². The third kappa shape index (κ3) is 3.61. The highest BCUT2D eigenvalue weighted by Gasteiger charge is 2.11. The summed E-state index contributed by atoms with van der Waals surface area (Å²) in [5.41, 5.74) is 1.56. The van der Waals surface area contributed by atoms with Crippen molar-refractivity contribution in [3.63, 3.8) is 0 Å². The van der Waals surface area contributed by atoms with E-state index in [4.69, 9.17) is 4.42 Å². The van der Waals surface area contributed by atoms with E-state index in [0.717, 1.165) is 17.7 Å². The second kappa shape index (κ2) is 5.93. The van der Waals surface area contributed by atoms with E-state index in [2.05, 4.69) is 29.4 Å². The smallest absolute Gasteiger partial charge is 0.248 e. The largest absolute Gasteiger partial charge is 0.421 e. The van der Waals surface area contributed by atoms with Crippen molar-refractivity contribution < 1.29 is 8.81 Å². The lowest BCUT2D eigenvalue weighted by Gasteiger charge is -2.04. The molecule has 1 N–H and O–H groups in total. The van der Waals surface area contributed by atoms with Gasteiger partial charge < -0.3 is 9.73 Å². The average Bonchev–Trinajstić information content (AvgIpc) is 2.77. The summed E-state index contributed by atoms with van der Waals surface area (Å²) in [4.78, 5) is 0. The Morgan fingerprint density at radius 1 is 1.32 bits per heavy atom. The highest BCUT2D eigenvalue weighted by molar-refractivity contribution is 5.57. The first-order valence-electron chi connectivity index (χ1n) is 6.38. The fourth-order valence-corrected chi connectivity index (χ4v) is 1.80. The third-order valence-corrected chi connectivity index (χ3v) is 2.78. The number of rotatable bonds is 5. The zero-order valence-electron chi connectivity index (χ0n) is 11.4. The van der Waals surface area contributed by atoms with Crippen molar-refractivity contribution >= 4 is 0 Å². The highest BCUT2D eigenvalue weighted by atomic mass is 19.1. The number of halogens is 1. The Balaban J connectivity index is 2.08. The molecule has 0 spiro atoms. The minimum atomic E-state index is -0.262. The molecule has 0 unspecified atom stereocenters. The van der Waals surface area contributed by atoms with Gasteiger partial charge in [-0.05, 0) is 30.7 Å². The second-order valence-corrected chi connectivity index (χ2v) is 4.82. The Morgan fingerprint density at radius 2 is 2.11 bits per heavy atom. The summed E-state index contributed by atoms with van der Waals surface area (Å²) in [5, 5.41) is 11.3. The van der Waals surface area contributed by atoms with Crippen molar-refractivity contribution in [2.24, 2.45) is 0 Å². The van der Waals surface area contributed by atoms with Gasteiger partial charge >= 0.3 is 0 Å². The van der Waals surface area contributed by atoms with Crippen molar-refractivity contribution in [3.05, 3.63) is 35.5 Å². The first-order valence-corrected chi connectivity index (χ1v) is 6.38. The minimum Gasteiger partial charge on any atom is -0.421 e. The summed E-state index contributed by atoms with van der Waals surface area (Å²) < 4.78 is 18.6. The van der Waals surface area contributed by atoms with Crippen LogP contribution < -0.4 is 5.32 Å². The molecule has 1 heterocycles. The molecule has 1 aromatic carbocycles. The number of nitrogens with one attached hydrogen (secondary N) is 1. The summed E-state index contributed by atoms with van der Waals surface area (Å²) in [6, 6.07) is 4.95. The maximum absolute atomic E-state index is 13.0. The molecule has 0 amide bonds. The first kappa shape index (κ1) is 13.7. The Labute approximate surface area is 112 Å². The van der Waals surface area contributed by atoms with Crippen LogP contribution in [0.2, 0.25) is 0 Å². The molecule has 0 aliphatic rings. The van der Waals surface area contributed by atoms with E-state index >= 15 is 0 Å². The number of aryl methyl sites for hydroxylation is 1. The maximum atomic E-state index is 13.0. The van der Waals surface area contributed by atoms with Crippen LogP contribution in [0.25, 0.3) is 11.5 Å². The molecule has 2 rings (SSSR count). The standard InChI is InChI=1S/C14H18FN3O/c1-9(2)16-7-6-13-17-18-14(19-13)12-5-4-11(15)8-10(12)3/h4-5,8-9,16H,6-7H2,1-3H3. The molecular formula is C14H18FN3O. The van der Waals surface area contributed by atoms with Gasteiger partial charge in [0.2, 0.25) is 11.8 Å². The topological polar surface area (TPSA) is 51.0 Å². The third-order valence-electron chi connectivity index (χ3n) is 2.78. The summed E-state index contributed by atoms with van der Waals surface area (Å²) in [6.45, 7) is 6.78. The van der Waals surface area contributed by atoms with E-state index in [1.807, 2.05) is 6.92 Å². The van der Waals surface area contributed by atoms with Crippen LogP contribution in [0.5, 0.6) is 0 Å². The van der Waals surface area contributed by atoms with Gasteiger partial charge in [-0.2, -0.15) is 0 Å². The molecule has 4 nitrogen and oxygen atoms in total. The minimum absolute atomic E-state index is 0.262. The molecule has 0 saturated carbocycles. The fraction of sp³-hybridized carbons (Fsp3) is 0.429. The number of nitrogens with zero attached hydrogens (tertiary/aromatic N) is 2. The fourth-order valence-electron chi connectivity index (χ4n) is 1.80. The molecule has 0 radical (unpaired) electrons. The van der Waals surface area contributed by atoms with Gasteiger partial charge in [0.1, 0.15) is 5.82 Å². The molecule has 1 aromatic heterocycles. The van der Waals surface area contributed by atoms with Gasteiger partial charge in [0.15, 0.2) is 0 Å². The zero-order chi connectivity index (χ0) is 13.8. The first-order chi connectivity index (χ1) is 9.06. The number of hydrogen-bond donors (Lipinski definition) is 1. The van der Waals surface area contributed by atoms with Crippen LogP contribution in [0.3, 0.4) is 0 Å². The van der Waals surface area contributed by atoms with Crippen LogP contribution in [0.15, 0.2) is 22.6 Å². The van der Waals surface area contributed by atoms with Crippen LogP contribution in [-0.4, -0.2) is 22.8 Å². The second-order valence-electron chi connectivity index (χ2n) is 4.82. The zero-order valence-corrected chi connectivity index (χ0v) is 11.4. The van der Waals surface area contributed by atoms with Gasteiger partial charge in [0.05, 0.1) is 0 Å². The van der Waals surface area contributed by atoms with Crippen LogP contribution >= 0.6 is 0 Å². The normalized spacial score (nSPS) is 11.2. The number of benzene rings is 1. The molecule has 0 fully saturated rings. The predicted molar refractivity (Wildman–Crippen MR) is 71.3 cm³/mol. The Bertz CT molecular complexity index is 551.